The maximum Gasteiger partial charge on any atom is 0.416 e. The summed E-state index contributed by atoms with van der Waals surface area (Å²) in [5.74, 6) is -1.25. The Hall–Kier alpha value is -3.12. The first-order valence-corrected chi connectivity index (χ1v) is 11.7. The second kappa shape index (κ2) is 10.3. The number of nitrogens with zero attached hydrogens (tertiary/aromatic N) is 2. The van der Waals surface area contributed by atoms with E-state index in [9.17, 15) is 41.0 Å². The number of alkyl halides is 6. The number of amides is 2. The van der Waals surface area contributed by atoms with Gasteiger partial charge in [0.25, 0.3) is 5.91 Å². The Labute approximate surface area is 208 Å². The highest BCUT2D eigenvalue weighted by Gasteiger charge is 2.40. The van der Waals surface area contributed by atoms with Crippen LogP contribution < -0.4 is 5.32 Å². The molecule has 12 heteroatoms. The van der Waals surface area contributed by atoms with Gasteiger partial charge in [0.2, 0.25) is 5.91 Å². The molecule has 3 atom stereocenters. The Morgan fingerprint density at radius 1 is 0.946 bits per heavy atom. The summed E-state index contributed by atoms with van der Waals surface area (Å²) in [4.78, 5) is 29.1. The largest absolute Gasteiger partial charge is 0.416 e. The number of nitrogens with one attached hydrogen (secondary N) is 1. The number of hydrogen-bond donors (Lipinski definition) is 2. The van der Waals surface area contributed by atoms with Gasteiger partial charge < -0.3 is 20.2 Å². The highest BCUT2D eigenvalue weighted by molar-refractivity contribution is 5.95. The number of β-amino-alcohol motifs (C(OH)–C–C–N with tert-alkyl or cyclic N) is 1. The van der Waals surface area contributed by atoms with Gasteiger partial charge in [-0.05, 0) is 36.6 Å². The van der Waals surface area contributed by atoms with Gasteiger partial charge in [-0.3, -0.25) is 9.59 Å². The predicted octanol–water partition coefficient (Wildman–Crippen LogP) is 3.34. The number of piperazine rings is 1. The van der Waals surface area contributed by atoms with E-state index in [0.29, 0.717) is 12.1 Å². The third-order valence-corrected chi connectivity index (χ3v) is 6.61. The van der Waals surface area contributed by atoms with Crippen molar-refractivity contribution in [1.82, 2.24) is 15.1 Å². The molecule has 2 amide bonds. The van der Waals surface area contributed by atoms with Crippen LogP contribution in [0.25, 0.3) is 0 Å². The quantitative estimate of drug-likeness (QED) is 0.597. The lowest BCUT2D eigenvalue weighted by atomic mass is 9.98. The van der Waals surface area contributed by atoms with E-state index in [1.54, 1.807) is 30.3 Å². The minimum Gasteiger partial charge on any atom is -0.392 e. The van der Waals surface area contributed by atoms with Crippen molar-refractivity contribution >= 4 is 11.8 Å². The number of aliphatic hydroxyl groups excluding tert-OH is 1. The van der Waals surface area contributed by atoms with Crippen molar-refractivity contribution in [2.24, 2.45) is 0 Å². The molecule has 4 rings (SSSR count). The average Bonchev–Trinajstić information content (AvgIpc) is 3.28. The van der Waals surface area contributed by atoms with Crippen LogP contribution in [0.5, 0.6) is 0 Å². The van der Waals surface area contributed by atoms with Crippen LogP contribution in [0.15, 0.2) is 48.5 Å². The van der Waals surface area contributed by atoms with Crippen LogP contribution in [0.3, 0.4) is 0 Å². The molecular weight excluding hydrogens is 504 g/mol. The Balaban J connectivity index is 1.64. The molecular formula is C25H25F6N3O3. The molecule has 2 N–H and O–H groups in total. The standard InChI is InChI=1S/C25H25F6N3O3/c26-24(27,28)17-9-16(10-18(11-17)25(29,30)31)22(36)34-7-6-33(23(37)21-12-20(35)13-32-21)14-19(34)8-15-4-2-1-3-5-15/h1-5,9-11,19-21,32,35H,6-8,12-14H2/t19-,20-,21-/m1/s1. The van der Waals surface area contributed by atoms with Crippen molar-refractivity contribution in [3.05, 3.63) is 70.8 Å². The van der Waals surface area contributed by atoms with Crippen LogP contribution in [0.2, 0.25) is 0 Å². The van der Waals surface area contributed by atoms with Crippen molar-refractivity contribution in [3.8, 4) is 0 Å². The lowest BCUT2D eigenvalue weighted by Crippen LogP contribution is -2.59. The third-order valence-electron chi connectivity index (χ3n) is 6.61. The molecule has 0 spiro atoms. The first-order valence-electron chi connectivity index (χ1n) is 11.7. The third kappa shape index (κ3) is 6.24. The molecule has 2 fully saturated rings. The van der Waals surface area contributed by atoms with Gasteiger partial charge in [0.15, 0.2) is 0 Å². The number of rotatable bonds is 4. The Bertz CT molecular complexity index is 1110. The predicted molar refractivity (Wildman–Crippen MR) is 120 cm³/mol. The molecule has 2 heterocycles. The lowest BCUT2D eigenvalue weighted by molar-refractivity contribution is -0.143. The van der Waals surface area contributed by atoms with Crippen LogP contribution >= 0.6 is 0 Å². The first kappa shape index (κ1) is 26.9. The Kier molecular flexibility index (Phi) is 7.52. The number of hydrogen-bond acceptors (Lipinski definition) is 4. The molecule has 0 radical (unpaired) electrons. The molecule has 0 aromatic heterocycles. The van der Waals surface area contributed by atoms with Crippen LogP contribution in [0.4, 0.5) is 26.3 Å². The van der Waals surface area contributed by atoms with Crippen molar-refractivity contribution in [2.45, 2.75) is 43.4 Å². The van der Waals surface area contributed by atoms with E-state index in [-0.39, 0.29) is 51.0 Å². The number of halogens is 6. The number of carbonyl (C=O) groups excluding carboxylic acids is 2. The summed E-state index contributed by atoms with van der Waals surface area (Å²) in [6.45, 7) is 0.280. The van der Waals surface area contributed by atoms with Crippen LogP contribution in [0, 0.1) is 0 Å². The number of benzene rings is 2. The van der Waals surface area contributed by atoms with Gasteiger partial charge >= 0.3 is 12.4 Å². The summed E-state index contributed by atoms with van der Waals surface area (Å²) < 4.78 is 80.2. The fourth-order valence-electron chi connectivity index (χ4n) is 4.75. The van der Waals surface area contributed by atoms with Crippen LogP contribution in [-0.4, -0.2) is 71.1 Å². The molecule has 0 aliphatic carbocycles. The van der Waals surface area contributed by atoms with Gasteiger partial charge in [-0.2, -0.15) is 26.3 Å². The van der Waals surface area contributed by atoms with Crippen molar-refractivity contribution < 1.29 is 41.0 Å². The van der Waals surface area contributed by atoms with E-state index in [1.165, 1.54) is 9.80 Å². The highest BCUT2D eigenvalue weighted by Crippen LogP contribution is 2.37. The molecule has 0 unspecified atom stereocenters. The minimum atomic E-state index is -5.08. The Morgan fingerprint density at radius 2 is 1.57 bits per heavy atom. The number of aliphatic hydroxyl groups is 1. The smallest absolute Gasteiger partial charge is 0.392 e. The van der Waals surface area contributed by atoms with Crippen LogP contribution in [-0.2, 0) is 23.6 Å². The van der Waals surface area contributed by atoms with Crippen molar-refractivity contribution in [3.63, 3.8) is 0 Å². The zero-order valence-electron chi connectivity index (χ0n) is 19.5. The van der Waals surface area contributed by atoms with Crippen molar-refractivity contribution in [2.75, 3.05) is 26.2 Å². The zero-order valence-corrected chi connectivity index (χ0v) is 19.5. The van der Waals surface area contributed by atoms with E-state index < -0.39 is 53.1 Å². The second-order valence-electron chi connectivity index (χ2n) is 9.27. The van der Waals surface area contributed by atoms with E-state index in [2.05, 4.69) is 5.32 Å². The normalized spacial score (nSPS) is 22.8. The van der Waals surface area contributed by atoms with E-state index in [0.717, 1.165) is 5.56 Å². The van der Waals surface area contributed by atoms with Gasteiger partial charge in [-0.15, -0.1) is 0 Å². The molecule has 0 bridgehead atoms. The summed E-state index contributed by atoms with van der Waals surface area (Å²) in [5.41, 5.74) is -3.07. The van der Waals surface area contributed by atoms with Gasteiger partial charge in [0.05, 0.1) is 29.3 Å². The molecule has 37 heavy (non-hydrogen) atoms. The molecule has 6 nitrogen and oxygen atoms in total. The fraction of sp³-hybridized carbons (Fsp3) is 0.440. The molecule has 2 aliphatic rings. The molecule has 2 saturated heterocycles. The zero-order chi connectivity index (χ0) is 27.0. The summed E-state index contributed by atoms with van der Waals surface area (Å²) in [6, 6.07) is 8.42. The van der Waals surface area contributed by atoms with Gasteiger partial charge in [0.1, 0.15) is 0 Å². The van der Waals surface area contributed by atoms with Crippen molar-refractivity contribution in [1.29, 1.82) is 0 Å². The molecule has 0 saturated carbocycles. The number of carbonyl (C=O) groups is 2. The summed E-state index contributed by atoms with van der Waals surface area (Å²) in [5, 5.41) is 12.7. The topological polar surface area (TPSA) is 72.9 Å². The highest BCUT2D eigenvalue weighted by atomic mass is 19.4. The summed E-state index contributed by atoms with van der Waals surface area (Å²) >= 11 is 0. The molecule has 200 valence electrons. The van der Waals surface area contributed by atoms with Crippen LogP contribution in [0.1, 0.15) is 33.5 Å². The van der Waals surface area contributed by atoms with Gasteiger partial charge in [0, 0.05) is 31.7 Å². The molecule has 2 aliphatic heterocycles. The summed E-state index contributed by atoms with van der Waals surface area (Å²) in [6.07, 6.45) is -10.4. The monoisotopic (exact) mass is 529 g/mol. The lowest BCUT2D eigenvalue weighted by Gasteiger charge is -2.42. The molecule has 2 aromatic carbocycles. The van der Waals surface area contributed by atoms with Gasteiger partial charge in [-0.25, -0.2) is 0 Å². The van der Waals surface area contributed by atoms with E-state index in [4.69, 9.17) is 0 Å². The Morgan fingerprint density at radius 3 is 2.11 bits per heavy atom. The van der Waals surface area contributed by atoms with Gasteiger partial charge in [-0.1, -0.05) is 30.3 Å². The summed E-state index contributed by atoms with van der Waals surface area (Å²) in [7, 11) is 0. The fourth-order valence-corrected chi connectivity index (χ4v) is 4.75. The average molecular weight is 529 g/mol. The first-order chi connectivity index (χ1) is 17.3. The molecule has 2 aromatic rings. The second-order valence-corrected chi connectivity index (χ2v) is 9.27. The maximum atomic E-state index is 13.4. The SMILES string of the molecule is O=C([C@H]1C[C@@H](O)CN1)N1CCN(C(=O)c2cc(C(F)(F)F)cc(C(F)(F)F)c2)[C@H](Cc2ccccc2)C1. The van der Waals surface area contributed by atoms with E-state index >= 15 is 0 Å². The maximum absolute atomic E-state index is 13.4. The minimum absolute atomic E-state index is 0.0160. The van der Waals surface area contributed by atoms with E-state index in [1.807, 2.05) is 0 Å².